The number of rotatable bonds is 8. The van der Waals surface area contributed by atoms with Gasteiger partial charge in [-0.3, -0.25) is 4.79 Å². The SMILES string of the molecule is CC[C@H](C)c1nc2ccc(Br)cc2c(=O)n1N=Cc1cc(OC)c(OCc2ccc(Br)cc2)c(Br)c1Br. The largest absolute Gasteiger partial charge is 0.493 e. The Morgan fingerprint density at radius 2 is 1.73 bits per heavy atom. The van der Waals surface area contributed by atoms with E-state index < -0.39 is 0 Å². The minimum Gasteiger partial charge on any atom is -0.493 e. The van der Waals surface area contributed by atoms with E-state index in [2.05, 4.69) is 75.7 Å². The number of methoxy groups -OCH3 is 1. The van der Waals surface area contributed by atoms with Gasteiger partial charge in [-0.05, 0) is 80.2 Å². The first-order valence-electron chi connectivity index (χ1n) is 11.4. The average Bonchev–Trinajstić information content (AvgIpc) is 2.90. The van der Waals surface area contributed by atoms with Crippen LogP contribution in [-0.4, -0.2) is 23.0 Å². The smallest absolute Gasteiger partial charge is 0.282 e. The number of ether oxygens (including phenoxy) is 2. The molecule has 3 aromatic carbocycles. The summed E-state index contributed by atoms with van der Waals surface area (Å²) >= 11 is 14.2. The molecular weight excluding hydrogens is 734 g/mol. The Bertz CT molecular complexity index is 1540. The minimum absolute atomic E-state index is 0.0389. The third-order valence-electron chi connectivity index (χ3n) is 5.87. The summed E-state index contributed by atoms with van der Waals surface area (Å²) in [5, 5.41) is 5.08. The molecule has 0 fully saturated rings. The van der Waals surface area contributed by atoms with E-state index in [0.717, 1.165) is 25.4 Å². The molecule has 0 aliphatic carbocycles. The molecule has 0 saturated heterocycles. The van der Waals surface area contributed by atoms with Crippen molar-refractivity contribution >= 4 is 80.8 Å². The van der Waals surface area contributed by atoms with Gasteiger partial charge in [-0.2, -0.15) is 9.78 Å². The van der Waals surface area contributed by atoms with Crippen LogP contribution in [0.2, 0.25) is 0 Å². The lowest BCUT2D eigenvalue weighted by Crippen LogP contribution is -2.23. The molecule has 4 aromatic rings. The Morgan fingerprint density at radius 1 is 1.03 bits per heavy atom. The zero-order chi connectivity index (χ0) is 26.7. The fourth-order valence-corrected chi connectivity index (χ4v) is 5.18. The summed E-state index contributed by atoms with van der Waals surface area (Å²) in [7, 11) is 1.58. The van der Waals surface area contributed by atoms with Crippen molar-refractivity contribution < 1.29 is 9.47 Å². The molecule has 10 heteroatoms. The highest BCUT2D eigenvalue weighted by Gasteiger charge is 2.18. The Hall–Kier alpha value is -2.01. The van der Waals surface area contributed by atoms with Gasteiger partial charge >= 0.3 is 0 Å². The highest BCUT2D eigenvalue weighted by molar-refractivity contribution is 9.13. The quantitative estimate of drug-likeness (QED) is 0.170. The zero-order valence-electron chi connectivity index (χ0n) is 20.3. The number of benzene rings is 3. The molecule has 1 atom stereocenters. The fraction of sp³-hybridized carbons (Fsp3) is 0.222. The summed E-state index contributed by atoms with van der Waals surface area (Å²) in [4.78, 5) is 18.2. The van der Waals surface area contributed by atoms with Crippen molar-refractivity contribution in [2.24, 2.45) is 5.10 Å². The summed E-state index contributed by atoms with van der Waals surface area (Å²) in [6, 6.07) is 15.2. The lowest BCUT2D eigenvalue weighted by Gasteiger charge is -2.16. The van der Waals surface area contributed by atoms with E-state index in [-0.39, 0.29) is 11.5 Å². The Kier molecular flexibility index (Phi) is 9.26. The first-order chi connectivity index (χ1) is 17.7. The maximum absolute atomic E-state index is 13.4. The number of nitrogens with zero attached hydrogens (tertiary/aromatic N) is 3. The number of fused-ring (bicyclic) bond motifs is 1. The van der Waals surface area contributed by atoms with E-state index in [1.54, 1.807) is 19.4 Å². The predicted octanol–water partition coefficient (Wildman–Crippen LogP) is 8.43. The molecule has 0 aliphatic rings. The summed E-state index contributed by atoms with van der Waals surface area (Å²) in [6.07, 6.45) is 2.44. The summed E-state index contributed by atoms with van der Waals surface area (Å²) in [5.74, 6) is 1.74. The summed E-state index contributed by atoms with van der Waals surface area (Å²) in [5.41, 5.74) is 2.14. The molecule has 1 aromatic heterocycles. The fourth-order valence-electron chi connectivity index (χ4n) is 3.62. The van der Waals surface area contributed by atoms with Crippen molar-refractivity contribution in [3.8, 4) is 11.5 Å². The van der Waals surface area contributed by atoms with E-state index in [1.165, 1.54) is 4.68 Å². The van der Waals surface area contributed by atoms with Gasteiger partial charge in [0.15, 0.2) is 11.5 Å². The Balaban J connectivity index is 1.74. The van der Waals surface area contributed by atoms with Gasteiger partial charge in [-0.15, -0.1) is 0 Å². The van der Waals surface area contributed by atoms with Crippen molar-refractivity contribution in [3.63, 3.8) is 0 Å². The third-order valence-corrected chi connectivity index (χ3v) is 9.04. The number of hydrogen-bond acceptors (Lipinski definition) is 5. The van der Waals surface area contributed by atoms with Gasteiger partial charge < -0.3 is 9.47 Å². The van der Waals surface area contributed by atoms with Gasteiger partial charge in [0.2, 0.25) is 0 Å². The van der Waals surface area contributed by atoms with Crippen LogP contribution >= 0.6 is 63.7 Å². The molecule has 1 heterocycles. The second-order valence-electron chi connectivity index (χ2n) is 8.34. The number of aromatic nitrogens is 2. The molecule has 192 valence electrons. The van der Waals surface area contributed by atoms with E-state index in [0.29, 0.717) is 44.9 Å². The van der Waals surface area contributed by atoms with Crippen LogP contribution in [0.3, 0.4) is 0 Å². The standard InChI is InChI=1S/C27H23Br4N3O3/c1-4-15(2)26-33-21-10-9-19(29)12-20(21)27(35)34(26)32-13-17-11-22(36-3)25(24(31)23(17)30)37-14-16-5-7-18(28)8-6-16/h5-13,15H,4,14H2,1-3H3/t15-/m0/s1. The highest BCUT2D eigenvalue weighted by Crippen LogP contribution is 2.42. The van der Waals surface area contributed by atoms with Crippen molar-refractivity contribution in [2.45, 2.75) is 32.8 Å². The summed E-state index contributed by atoms with van der Waals surface area (Å²) in [6.45, 7) is 4.46. The monoisotopic (exact) mass is 753 g/mol. The van der Waals surface area contributed by atoms with Crippen molar-refractivity contribution in [1.29, 1.82) is 0 Å². The van der Waals surface area contributed by atoms with Gasteiger partial charge in [-0.1, -0.05) is 57.8 Å². The maximum atomic E-state index is 13.4. The molecular formula is C27H23Br4N3O3. The molecule has 4 rings (SSSR count). The Morgan fingerprint density at radius 3 is 2.41 bits per heavy atom. The molecule has 0 saturated carbocycles. The van der Waals surface area contributed by atoms with Crippen LogP contribution in [0.15, 0.2) is 76.3 Å². The van der Waals surface area contributed by atoms with Crippen LogP contribution in [-0.2, 0) is 6.61 Å². The van der Waals surface area contributed by atoms with Crippen molar-refractivity contribution in [3.05, 3.63) is 93.7 Å². The number of hydrogen-bond donors (Lipinski definition) is 0. The van der Waals surface area contributed by atoms with Crippen molar-refractivity contribution in [2.75, 3.05) is 7.11 Å². The molecule has 0 bridgehead atoms. The topological polar surface area (TPSA) is 65.7 Å². The molecule has 37 heavy (non-hydrogen) atoms. The van der Waals surface area contributed by atoms with E-state index >= 15 is 0 Å². The molecule has 0 N–H and O–H groups in total. The van der Waals surface area contributed by atoms with Crippen LogP contribution in [0.25, 0.3) is 10.9 Å². The molecule has 0 spiro atoms. The maximum Gasteiger partial charge on any atom is 0.282 e. The molecule has 6 nitrogen and oxygen atoms in total. The lowest BCUT2D eigenvalue weighted by molar-refractivity contribution is 0.282. The van der Waals surface area contributed by atoms with Crippen LogP contribution in [0, 0.1) is 0 Å². The molecule has 0 unspecified atom stereocenters. The normalized spacial score (nSPS) is 12.3. The molecule has 0 radical (unpaired) electrons. The third kappa shape index (κ3) is 6.19. The van der Waals surface area contributed by atoms with Gasteiger partial charge in [0, 0.05) is 24.9 Å². The summed E-state index contributed by atoms with van der Waals surface area (Å²) < 4.78 is 16.3. The van der Waals surface area contributed by atoms with Crippen LogP contribution < -0.4 is 15.0 Å². The predicted molar refractivity (Wildman–Crippen MR) is 162 cm³/mol. The lowest BCUT2D eigenvalue weighted by atomic mass is 10.1. The van der Waals surface area contributed by atoms with E-state index in [9.17, 15) is 4.79 Å². The van der Waals surface area contributed by atoms with E-state index in [4.69, 9.17) is 14.5 Å². The molecule has 0 amide bonds. The first kappa shape index (κ1) is 28.0. The molecule has 0 aliphatic heterocycles. The first-order valence-corrected chi connectivity index (χ1v) is 14.6. The Labute approximate surface area is 248 Å². The van der Waals surface area contributed by atoms with Crippen molar-refractivity contribution in [1.82, 2.24) is 9.66 Å². The number of halogens is 4. The minimum atomic E-state index is -0.227. The van der Waals surface area contributed by atoms with Gasteiger partial charge in [-0.25, -0.2) is 4.98 Å². The van der Waals surface area contributed by atoms with Crippen LogP contribution in [0.4, 0.5) is 0 Å². The van der Waals surface area contributed by atoms with Gasteiger partial charge in [0.05, 0.1) is 28.7 Å². The van der Waals surface area contributed by atoms with Gasteiger partial charge in [0.1, 0.15) is 12.4 Å². The average molecular weight is 757 g/mol. The van der Waals surface area contributed by atoms with E-state index in [1.807, 2.05) is 49.4 Å². The van der Waals surface area contributed by atoms with Gasteiger partial charge in [0.25, 0.3) is 5.56 Å². The van der Waals surface area contributed by atoms with Crippen LogP contribution in [0.1, 0.15) is 43.1 Å². The highest BCUT2D eigenvalue weighted by atomic mass is 79.9. The second-order valence-corrected chi connectivity index (χ2v) is 11.8. The van der Waals surface area contributed by atoms with Crippen LogP contribution in [0.5, 0.6) is 11.5 Å². The second kappa shape index (κ2) is 12.2. The zero-order valence-corrected chi connectivity index (χ0v) is 26.6.